The molecule has 1 aromatic rings. The summed E-state index contributed by atoms with van der Waals surface area (Å²) in [5.41, 5.74) is 7.87. The number of carbonyl (C=O) groups is 1. The highest BCUT2D eigenvalue weighted by Crippen LogP contribution is 2.30. The van der Waals surface area contributed by atoms with Crippen LogP contribution in [0.15, 0.2) is 18.2 Å². The second-order valence-electron chi connectivity index (χ2n) is 4.74. The van der Waals surface area contributed by atoms with E-state index in [4.69, 9.17) is 10.5 Å². The number of rotatable bonds is 2. The Balaban J connectivity index is 3.19. The van der Waals surface area contributed by atoms with Crippen molar-refractivity contribution in [3.8, 4) is 0 Å². The number of hydrogen-bond acceptors (Lipinski definition) is 3. The van der Waals surface area contributed by atoms with Crippen molar-refractivity contribution in [3.05, 3.63) is 29.3 Å². The van der Waals surface area contributed by atoms with Gasteiger partial charge in [-0.3, -0.25) is 0 Å². The number of benzene rings is 1. The lowest BCUT2D eigenvalue weighted by molar-refractivity contribution is 0.0527. The minimum Gasteiger partial charge on any atom is -0.462 e. The third-order valence-electron chi connectivity index (χ3n) is 2.41. The first-order valence-corrected chi connectivity index (χ1v) is 5.44. The van der Waals surface area contributed by atoms with Gasteiger partial charge in [-0.25, -0.2) is 4.79 Å². The van der Waals surface area contributed by atoms with Gasteiger partial charge in [0.1, 0.15) is 0 Å². The van der Waals surface area contributed by atoms with E-state index in [9.17, 15) is 4.79 Å². The fraction of sp³-hybridized carbons (Fsp3) is 0.462. The molecule has 0 heterocycles. The molecule has 0 aliphatic rings. The molecule has 16 heavy (non-hydrogen) atoms. The SMILES string of the molecule is CCOC(=O)c1cccc(C(C)(C)C)c1N. The van der Waals surface area contributed by atoms with Crippen LogP contribution >= 0.6 is 0 Å². The van der Waals surface area contributed by atoms with Crippen LogP contribution in [0.2, 0.25) is 0 Å². The van der Waals surface area contributed by atoms with Gasteiger partial charge in [0, 0.05) is 5.69 Å². The third-order valence-corrected chi connectivity index (χ3v) is 2.41. The Kier molecular flexibility index (Phi) is 3.58. The number of nitrogen functional groups attached to an aromatic ring is 1. The number of carbonyl (C=O) groups excluding carboxylic acids is 1. The topological polar surface area (TPSA) is 52.3 Å². The van der Waals surface area contributed by atoms with Crippen molar-refractivity contribution in [2.24, 2.45) is 0 Å². The number of esters is 1. The van der Waals surface area contributed by atoms with Crippen molar-refractivity contribution >= 4 is 11.7 Å². The molecule has 0 atom stereocenters. The molecule has 0 saturated carbocycles. The molecule has 3 nitrogen and oxygen atoms in total. The summed E-state index contributed by atoms with van der Waals surface area (Å²) in [6, 6.07) is 5.48. The van der Waals surface area contributed by atoms with Crippen molar-refractivity contribution in [1.82, 2.24) is 0 Å². The normalized spacial score (nSPS) is 11.2. The standard InChI is InChI=1S/C13H19NO2/c1-5-16-12(15)9-7-6-8-10(11(9)14)13(2,3)4/h6-8H,5,14H2,1-4H3. The van der Waals surface area contributed by atoms with Gasteiger partial charge in [0.25, 0.3) is 0 Å². The predicted octanol–water partition coefficient (Wildman–Crippen LogP) is 2.74. The van der Waals surface area contributed by atoms with E-state index >= 15 is 0 Å². The van der Waals surface area contributed by atoms with Crippen LogP contribution in [0.4, 0.5) is 5.69 Å². The van der Waals surface area contributed by atoms with Crippen LogP contribution in [0.25, 0.3) is 0 Å². The van der Waals surface area contributed by atoms with Crippen LogP contribution in [-0.2, 0) is 10.2 Å². The zero-order valence-electron chi connectivity index (χ0n) is 10.3. The van der Waals surface area contributed by atoms with Crippen LogP contribution in [-0.4, -0.2) is 12.6 Å². The summed E-state index contributed by atoms with van der Waals surface area (Å²) < 4.78 is 4.96. The number of ether oxygens (including phenoxy) is 1. The second-order valence-corrected chi connectivity index (χ2v) is 4.74. The summed E-state index contributed by atoms with van der Waals surface area (Å²) in [6.45, 7) is 8.33. The second kappa shape index (κ2) is 4.56. The van der Waals surface area contributed by atoms with E-state index < -0.39 is 0 Å². The van der Waals surface area contributed by atoms with E-state index in [1.165, 1.54) is 0 Å². The molecule has 2 N–H and O–H groups in total. The first-order valence-electron chi connectivity index (χ1n) is 5.44. The molecule has 0 spiro atoms. The Morgan fingerprint density at radius 3 is 2.50 bits per heavy atom. The average Bonchev–Trinajstić information content (AvgIpc) is 2.16. The Bertz CT molecular complexity index is 391. The largest absolute Gasteiger partial charge is 0.462 e. The molecular weight excluding hydrogens is 202 g/mol. The minimum absolute atomic E-state index is 0.0768. The summed E-state index contributed by atoms with van der Waals surface area (Å²) in [7, 11) is 0. The van der Waals surface area contributed by atoms with E-state index in [1.807, 2.05) is 12.1 Å². The van der Waals surface area contributed by atoms with Crippen molar-refractivity contribution in [2.45, 2.75) is 33.1 Å². The molecule has 0 radical (unpaired) electrons. The zero-order valence-corrected chi connectivity index (χ0v) is 10.3. The molecule has 0 aliphatic heterocycles. The number of anilines is 1. The van der Waals surface area contributed by atoms with Gasteiger partial charge in [-0.1, -0.05) is 32.9 Å². The molecule has 88 valence electrons. The molecule has 0 aliphatic carbocycles. The Morgan fingerprint density at radius 2 is 2.00 bits per heavy atom. The van der Waals surface area contributed by atoms with Gasteiger partial charge in [-0.05, 0) is 24.0 Å². The van der Waals surface area contributed by atoms with Crippen molar-refractivity contribution in [1.29, 1.82) is 0 Å². The fourth-order valence-corrected chi connectivity index (χ4v) is 1.61. The number of para-hydroxylation sites is 1. The monoisotopic (exact) mass is 221 g/mol. The summed E-state index contributed by atoms with van der Waals surface area (Å²) in [5, 5.41) is 0. The third kappa shape index (κ3) is 2.54. The van der Waals surface area contributed by atoms with Gasteiger partial charge in [0.15, 0.2) is 0 Å². The molecule has 1 aromatic carbocycles. The molecule has 3 heteroatoms. The summed E-state index contributed by atoms with van der Waals surface area (Å²) >= 11 is 0. The lowest BCUT2D eigenvalue weighted by Gasteiger charge is -2.22. The zero-order chi connectivity index (χ0) is 12.3. The van der Waals surface area contributed by atoms with E-state index in [0.29, 0.717) is 17.9 Å². The first-order chi connectivity index (χ1) is 7.38. The molecule has 0 saturated heterocycles. The lowest BCUT2D eigenvalue weighted by Crippen LogP contribution is -2.17. The average molecular weight is 221 g/mol. The lowest BCUT2D eigenvalue weighted by atomic mass is 9.84. The summed E-state index contributed by atoms with van der Waals surface area (Å²) in [6.07, 6.45) is 0. The predicted molar refractivity (Wildman–Crippen MR) is 65.5 cm³/mol. The molecule has 1 rings (SSSR count). The Morgan fingerprint density at radius 1 is 1.38 bits per heavy atom. The Hall–Kier alpha value is -1.51. The van der Waals surface area contributed by atoms with Crippen LogP contribution < -0.4 is 5.73 Å². The molecular formula is C13H19NO2. The van der Waals surface area contributed by atoms with Crippen LogP contribution in [0.3, 0.4) is 0 Å². The maximum absolute atomic E-state index is 11.6. The highest BCUT2D eigenvalue weighted by Gasteiger charge is 2.21. The number of nitrogens with two attached hydrogens (primary N) is 1. The highest BCUT2D eigenvalue weighted by atomic mass is 16.5. The number of hydrogen-bond donors (Lipinski definition) is 1. The van der Waals surface area contributed by atoms with Crippen molar-refractivity contribution in [3.63, 3.8) is 0 Å². The van der Waals surface area contributed by atoms with Crippen LogP contribution in [0.5, 0.6) is 0 Å². The van der Waals surface area contributed by atoms with E-state index in [-0.39, 0.29) is 11.4 Å². The van der Waals surface area contributed by atoms with Crippen molar-refractivity contribution < 1.29 is 9.53 Å². The van der Waals surface area contributed by atoms with Crippen LogP contribution in [0, 0.1) is 0 Å². The maximum atomic E-state index is 11.6. The smallest absolute Gasteiger partial charge is 0.340 e. The quantitative estimate of drug-likeness (QED) is 0.617. The van der Waals surface area contributed by atoms with E-state index in [2.05, 4.69) is 20.8 Å². The van der Waals surface area contributed by atoms with Gasteiger partial charge < -0.3 is 10.5 Å². The minimum atomic E-state index is -0.355. The van der Waals surface area contributed by atoms with E-state index in [0.717, 1.165) is 5.56 Å². The summed E-state index contributed by atoms with van der Waals surface area (Å²) in [5.74, 6) is -0.355. The molecule has 0 fully saturated rings. The van der Waals surface area contributed by atoms with Gasteiger partial charge in [-0.2, -0.15) is 0 Å². The first kappa shape index (κ1) is 12.6. The van der Waals surface area contributed by atoms with Gasteiger partial charge in [-0.15, -0.1) is 0 Å². The Labute approximate surface area is 96.6 Å². The molecule has 0 amide bonds. The van der Waals surface area contributed by atoms with Gasteiger partial charge >= 0.3 is 5.97 Å². The summed E-state index contributed by atoms with van der Waals surface area (Å²) in [4.78, 5) is 11.6. The van der Waals surface area contributed by atoms with Gasteiger partial charge in [0.05, 0.1) is 12.2 Å². The van der Waals surface area contributed by atoms with Crippen molar-refractivity contribution in [2.75, 3.05) is 12.3 Å². The highest BCUT2D eigenvalue weighted by molar-refractivity contribution is 5.96. The maximum Gasteiger partial charge on any atom is 0.340 e. The fourth-order valence-electron chi connectivity index (χ4n) is 1.61. The van der Waals surface area contributed by atoms with Gasteiger partial charge in [0.2, 0.25) is 0 Å². The molecule has 0 unspecified atom stereocenters. The van der Waals surface area contributed by atoms with Crippen LogP contribution in [0.1, 0.15) is 43.6 Å². The molecule has 0 bridgehead atoms. The molecule has 0 aromatic heterocycles. The van der Waals surface area contributed by atoms with E-state index in [1.54, 1.807) is 13.0 Å².